The minimum atomic E-state index is -3.82. The third-order valence-corrected chi connectivity index (χ3v) is 8.51. The first-order chi connectivity index (χ1) is 18.5. The summed E-state index contributed by atoms with van der Waals surface area (Å²) in [6.45, 7) is 1.92. The van der Waals surface area contributed by atoms with Crippen LogP contribution in [0.25, 0.3) is 0 Å². The molecule has 1 heterocycles. The number of nitrogens with one attached hydrogen (secondary N) is 1. The van der Waals surface area contributed by atoms with Crippen molar-refractivity contribution in [3.63, 3.8) is 0 Å². The molecule has 5 aromatic rings. The van der Waals surface area contributed by atoms with Gasteiger partial charge in [0.25, 0.3) is 10.1 Å². The highest BCUT2D eigenvalue weighted by Gasteiger charge is 2.37. The average Bonchev–Trinajstić information content (AvgIpc) is 3.40. The molecule has 1 N–H and O–H groups in total. The first-order valence-corrected chi connectivity index (χ1v) is 14.6. The van der Waals surface area contributed by atoms with Crippen LogP contribution in [0, 0.1) is 6.92 Å². The van der Waals surface area contributed by atoms with Gasteiger partial charge in [-0.2, -0.15) is 8.42 Å². The minimum Gasteiger partial charge on any atom is -0.344 e. The lowest BCUT2D eigenvalue weighted by molar-refractivity contribution is 0.321. The molecule has 4 aromatic carbocycles. The van der Waals surface area contributed by atoms with E-state index in [2.05, 4.69) is 41.7 Å². The van der Waals surface area contributed by atoms with Gasteiger partial charge in [-0.25, -0.2) is 4.98 Å². The number of thiazole rings is 1. The van der Waals surface area contributed by atoms with Crippen molar-refractivity contribution in [3.05, 3.63) is 149 Å². The predicted molar refractivity (Wildman–Crippen MR) is 153 cm³/mol. The van der Waals surface area contributed by atoms with Crippen LogP contribution in [0.3, 0.4) is 0 Å². The summed E-state index contributed by atoms with van der Waals surface area (Å²) in [6.07, 6.45) is 0.373. The molecule has 0 aliphatic carbocycles. The Morgan fingerprint density at radius 1 is 0.763 bits per heavy atom. The van der Waals surface area contributed by atoms with Gasteiger partial charge in [0.05, 0.1) is 17.2 Å². The topological polar surface area (TPSA) is 68.3 Å². The summed E-state index contributed by atoms with van der Waals surface area (Å²) < 4.78 is 30.4. The maximum Gasteiger partial charge on any atom is 0.296 e. The van der Waals surface area contributed by atoms with E-state index in [0.717, 1.165) is 33.1 Å². The maximum atomic E-state index is 12.5. The molecule has 0 fully saturated rings. The molecule has 0 aliphatic heterocycles. The zero-order valence-electron chi connectivity index (χ0n) is 20.9. The second-order valence-corrected chi connectivity index (χ2v) is 11.4. The quantitative estimate of drug-likeness (QED) is 0.156. The van der Waals surface area contributed by atoms with Crippen LogP contribution in [0.15, 0.2) is 126 Å². The van der Waals surface area contributed by atoms with E-state index in [1.807, 2.05) is 66.9 Å². The molecular formula is C31H28N2O3S2. The van der Waals surface area contributed by atoms with E-state index < -0.39 is 15.7 Å². The smallest absolute Gasteiger partial charge is 0.296 e. The second-order valence-electron chi connectivity index (χ2n) is 8.96. The number of hydrogen-bond acceptors (Lipinski definition) is 6. The molecule has 0 unspecified atom stereocenters. The highest BCUT2D eigenvalue weighted by Crippen LogP contribution is 2.40. The predicted octanol–water partition coefficient (Wildman–Crippen LogP) is 6.80. The van der Waals surface area contributed by atoms with Crippen LogP contribution >= 0.6 is 11.3 Å². The summed E-state index contributed by atoms with van der Waals surface area (Å²) in [5.74, 6) is 0. The third-order valence-electron chi connectivity index (χ3n) is 6.37. The van der Waals surface area contributed by atoms with E-state index in [1.54, 1.807) is 24.3 Å². The van der Waals surface area contributed by atoms with Gasteiger partial charge in [-0.15, -0.1) is 11.3 Å². The van der Waals surface area contributed by atoms with E-state index in [0.29, 0.717) is 6.42 Å². The van der Waals surface area contributed by atoms with Gasteiger partial charge in [0.15, 0.2) is 5.13 Å². The van der Waals surface area contributed by atoms with E-state index >= 15 is 0 Å². The van der Waals surface area contributed by atoms with Crippen molar-refractivity contribution in [1.82, 2.24) is 4.98 Å². The van der Waals surface area contributed by atoms with Gasteiger partial charge in [0.1, 0.15) is 5.54 Å². The number of aromatic nitrogens is 1. The molecule has 0 bridgehead atoms. The number of nitrogens with zero attached hydrogens (tertiary/aromatic N) is 1. The molecule has 0 saturated heterocycles. The first kappa shape index (κ1) is 25.9. The average molecular weight is 541 g/mol. The molecule has 192 valence electrons. The Bertz CT molecular complexity index is 1470. The fraction of sp³-hybridized carbons (Fsp3) is 0.129. The summed E-state index contributed by atoms with van der Waals surface area (Å²) in [5.41, 5.74) is 4.33. The molecule has 38 heavy (non-hydrogen) atoms. The second kappa shape index (κ2) is 11.3. The maximum absolute atomic E-state index is 12.5. The van der Waals surface area contributed by atoms with Crippen molar-refractivity contribution in [2.45, 2.75) is 23.8 Å². The normalized spacial score (nSPS) is 11.8. The molecule has 0 saturated carbocycles. The van der Waals surface area contributed by atoms with Crippen LogP contribution < -0.4 is 5.32 Å². The number of aryl methyl sites for hydroxylation is 1. The molecular weight excluding hydrogens is 512 g/mol. The van der Waals surface area contributed by atoms with Gasteiger partial charge in [-0.1, -0.05) is 109 Å². The van der Waals surface area contributed by atoms with Crippen molar-refractivity contribution in [1.29, 1.82) is 0 Å². The van der Waals surface area contributed by atoms with Gasteiger partial charge >= 0.3 is 0 Å². The van der Waals surface area contributed by atoms with Gasteiger partial charge in [-0.05, 0) is 35.7 Å². The molecule has 0 radical (unpaired) electrons. The molecule has 5 nitrogen and oxygen atoms in total. The fourth-order valence-corrected chi connectivity index (χ4v) is 6.16. The van der Waals surface area contributed by atoms with Crippen molar-refractivity contribution >= 4 is 26.6 Å². The lowest BCUT2D eigenvalue weighted by Crippen LogP contribution is -2.38. The van der Waals surface area contributed by atoms with Crippen molar-refractivity contribution in [2.24, 2.45) is 0 Å². The van der Waals surface area contributed by atoms with Crippen LogP contribution in [0.1, 0.15) is 27.9 Å². The Morgan fingerprint density at radius 3 is 1.76 bits per heavy atom. The molecule has 0 amide bonds. The molecule has 0 spiro atoms. The van der Waals surface area contributed by atoms with Gasteiger partial charge in [-0.3, -0.25) is 4.18 Å². The van der Waals surface area contributed by atoms with E-state index in [-0.39, 0.29) is 11.5 Å². The standard InChI is InChI=1S/C31H28N2O3S2/c1-24-17-19-29(20-18-24)38(34,35)36-22-21-28-23-37-30(32-28)33-31(25-11-5-2-6-12-25,26-13-7-3-8-14-26)27-15-9-4-10-16-27/h2-20,23H,21-22H2,1H3,(H,32,33). The Kier molecular flexibility index (Phi) is 7.69. The number of hydrogen-bond donors (Lipinski definition) is 1. The SMILES string of the molecule is Cc1ccc(S(=O)(=O)OCCc2csc(NC(c3ccccc3)(c3ccccc3)c3ccccc3)n2)cc1. The first-order valence-electron chi connectivity index (χ1n) is 12.3. The van der Waals surface area contributed by atoms with E-state index in [9.17, 15) is 8.42 Å². The molecule has 7 heteroatoms. The Hall–Kier alpha value is -3.78. The summed E-state index contributed by atoms with van der Waals surface area (Å²) >= 11 is 1.49. The Morgan fingerprint density at radius 2 is 1.26 bits per heavy atom. The van der Waals surface area contributed by atoms with Gasteiger partial charge in [0.2, 0.25) is 0 Å². The Balaban J connectivity index is 1.41. The summed E-state index contributed by atoms with van der Waals surface area (Å²) in [7, 11) is -3.82. The van der Waals surface area contributed by atoms with Crippen LogP contribution in [0.2, 0.25) is 0 Å². The molecule has 0 aliphatic rings. The third kappa shape index (κ3) is 5.55. The van der Waals surface area contributed by atoms with Crippen LogP contribution in [0.4, 0.5) is 5.13 Å². The fourth-order valence-electron chi connectivity index (χ4n) is 4.45. The highest BCUT2D eigenvalue weighted by atomic mass is 32.2. The van der Waals surface area contributed by atoms with E-state index in [4.69, 9.17) is 9.17 Å². The number of anilines is 1. The number of benzene rings is 4. The van der Waals surface area contributed by atoms with Crippen LogP contribution in [0.5, 0.6) is 0 Å². The molecule has 5 rings (SSSR count). The summed E-state index contributed by atoms with van der Waals surface area (Å²) in [5, 5.41) is 6.42. The highest BCUT2D eigenvalue weighted by molar-refractivity contribution is 7.86. The lowest BCUT2D eigenvalue weighted by atomic mass is 9.77. The summed E-state index contributed by atoms with van der Waals surface area (Å²) in [4.78, 5) is 4.96. The molecule has 0 atom stereocenters. The van der Waals surface area contributed by atoms with Crippen molar-refractivity contribution in [3.8, 4) is 0 Å². The zero-order chi connectivity index (χ0) is 26.4. The van der Waals surface area contributed by atoms with Crippen molar-refractivity contribution in [2.75, 3.05) is 11.9 Å². The monoisotopic (exact) mass is 540 g/mol. The Labute approximate surface area is 227 Å². The minimum absolute atomic E-state index is 0.0145. The van der Waals surface area contributed by atoms with Gasteiger partial charge < -0.3 is 5.32 Å². The molecule has 1 aromatic heterocycles. The zero-order valence-corrected chi connectivity index (χ0v) is 22.6. The van der Waals surface area contributed by atoms with Crippen LogP contribution in [-0.4, -0.2) is 20.0 Å². The lowest BCUT2D eigenvalue weighted by Gasteiger charge is -2.36. The van der Waals surface area contributed by atoms with Gasteiger partial charge in [0, 0.05) is 11.8 Å². The van der Waals surface area contributed by atoms with Crippen molar-refractivity contribution < 1.29 is 12.6 Å². The largest absolute Gasteiger partial charge is 0.344 e. The van der Waals surface area contributed by atoms with E-state index in [1.165, 1.54) is 11.3 Å². The number of rotatable bonds is 10. The van der Waals surface area contributed by atoms with Crippen LogP contribution in [-0.2, 0) is 26.3 Å². The summed E-state index contributed by atoms with van der Waals surface area (Å²) in [6, 6.07) is 37.6.